The van der Waals surface area contributed by atoms with Crippen LogP contribution < -0.4 is 0 Å². The van der Waals surface area contributed by atoms with Crippen LogP contribution in [0.3, 0.4) is 0 Å². The Morgan fingerprint density at radius 1 is 1.12 bits per heavy atom. The molecule has 3 heterocycles. The minimum Gasteiger partial charge on any atom is -0.465 e. The van der Waals surface area contributed by atoms with Crippen molar-refractivity contribution in [3.8, 4) is 0 Å². The molecule has 0 saturated carbocycles. The van der Waals surface area contributed by atoms with E-state index in [-0.39, 0.29) is 18.2 Å². The van der Waals surface area contributed by atoms with Crippen LogP contribution in [0.25, 0.3) is 0 Å². The van der Waals surface area contributed by atoms with Crippen molar-refractivity contribution in [2.45, 2.75) is 18.8 Å². The zero-order valence-corrected chi connectivity index (χ0v) is 13.7. The third kappa shape index (κ3) is 2.13. The van der Waals surface area contributed by atoms with Crippen LogP contribution in [0.4, 0.5) is 0 Å². The van der Waals surface area contributed by atoms with Gasteiger partial charge in [-0.15, -0.1) is 0 Å². The molecular weight excluding hydrogens is 316 g/mol. The van der Waals surface area contributed by atoms with Crippen LogP contribution in [-0.2, 0) is 16.0 Å². The lowest BCUT2D eigenvalue weighted by atomic mass is 9.84. The minimum atomic E-state index is -0.319. The SMILES string of the molecule is COC(=O)c1ccc2c(c1)[C@H]1O[C@@H]2c2cc(Cn3cccn3)ccc21. The van der Waals surface area contributed by atoms with Crippen molar-refractivity contribution in [1.29, 1.82) is 0 Å². The molecule has 0 aliphatic carbocycles. The molecule has 0 spiro atoms. The highest BCUT2D eigenvalue weighted by atomic mass is 16.5. The lowest BCUT2D eigenvalue weighted by molar-refractivity contribution is 0.0600. The number of hydrogen-bond acceptors (Lipinski definition) is 4. The molecular formula is C20H16N2O3. The van der Waals surface area contributed by atoms with Crippen molar-refractivity contribution in [3.63, 3.8) is 0 Å². The fourth-order valence-electron chi connectivity index (χ4n) is 3.82. The Morgan fingerprint density at radius 3 is 2.60 bits per heavy atom. The van der Waals surface area contributed by atoms with Crippen LogP contribution in [0.15, 0.2) is 54.9 Å². The van der Waals surface area contributed by atoms with Crippen LogP contribution >= 0.6 is 0 Å². The van der Waals surface area contributed by atoms with Crippen molar-refractivity contribution in [2.24, 2.45) is 0 Å². The summed E-state index contributed by atoms with van der Waals surface area (Å²) >= 11 is 0. The Morgan fingerprint density at radius 2 is 1.88 bits per heavy atom. The number of fused-ring (bicyclic) bond motifs is 8. The van der Waals surface area contributed by atoms with Gasteiger partial charge in [0.25, 0.3) is 0 Å². The van der Waals surface area contributed by atoms with E-state index in [0.717, 1.165) is 17.7 Å². The van der Waals surface area contributed by atoms with Gasteiger partial charge < -0.3 is 9.47 Å². The van der Waals surface area contributed by atoms with Gasteiger partial charge in [-0.2, -0.15) is 5.10 Å². The normalized spacial score (nSPS) is 19.6. The maximum Gasteiger partial charge on any atom is 0.337 e. The quantitative estimate of drug-likeness (QED) is 0.691. The number of nitrogens with zero attached hydrogens (tertiary/aromatic N) is 2. The summed E-state index contributed by atoms with van der Waals surface area (Å²) in [6.07, 6.45) is 3.59. The van der Waals surface area contributed by atoms with Crippen molar-refractivity contribution in [1.82, 2.24) is 9.78 Å². The summed E-state index contributed by atoms with van der Waals surface area (Å²) < 4.78 is 12.9. The first-order valence-electron chi connectivity index (χ1n) is 8.22. The first-order chi connectivity index (χ1) is 12.2. The number of esters is 1. The molecule has 124 valence electrons. The topological polar surface area (TPSA) is 53.4 Å². The number of carbonyl (C=O) groups is 1. The van der Waals surface area contributed by atoms with E-state index < -0.39 is 0 Å². The molecule has 3 aromatic rings. The number of methoxy groups -OCH3 is 1. The summed E-state index contributed by atoms with van der Waals surface area (Å²) in [5.41, 5.74) is 6.37. The molecule has 25 heavy (non-hydrogen) atoms. The monoisotopic (exact) mass is 332 g/mol. The predicted octanol–water partition coefficient (Wildman–Crippen LogP) is 3.24. The first kappa shape index (κ1) is 14.4. The van der Waals surface area contributed by atoms with E-state index in [4.69, 9.17) is 9.47 Å². The Labute approximate surface area is 144 Å². The number of rotatable bonds is 3. The summed E-state index contributed by atoms with van der Waals surface area (Å²) in [6, 6.07) is 14.1. The fourth-order valence-corrected chi connectivity index (χ4v) is 3.82. The molecule has 2 aromatic carbocycles. The minimum absolute atomic E-state index is 0.0562. The van der Waals surface area contributed by atoms with E-state index in [1.54, 1.807) is 6.20 Å². The second kappa shape index (κ2) is 5.29. The highest BCUT2D eigenvalue weighted by molar-refractivity contribution is 5.90. The summed E-state index contributed by atoms with van der Waals surface area (Å²) in [4.78, 5) is 11.8. The zero-order chi connectivity index (χ0) is 17.0. The van der Waals surface area contributed by atoms with Gasteiger partial charge in [0, 0.05) is 12.4 Å². The van der Waals surface area contributed by atoms with Gasteiger partial charge in [0.05, 0.1) is 19.2 Å². The third-order valence-corrected chi connectivity index (χ3v) is 4.96. The van der Waals surface area contributed by atoms with E-state index in [2.05, 4.69) is 23.3 Å². The second-order valence-corrected chi connectivity index (χ2v) is 6.40. The smallest absolute Gasteiger partial charge is 0.337 e. The summed E-state index contributed by atoms with van der Waals surface area (Å²) in [5.74, 6) is -0.319. The summed E-state index contributed by atoms with van der Waals surface area (Å²) in [7, 11) is 1.40. The average molecular weight is 332 g/mol. The summed E-state index contributed by atoms with van der Waals surface area (Å²) in [6.45, 7) is 0.742. The zero-order valence-electron chi connectivity index (χ0n) is 13.7. The molecule has 5 heteroatoms. The van der Waals surface area contributed by atoms with Crippen LogP contribution in [0.5, 0.6) is 0 Å². The van der Waals surface area contributed by atoms with Crippen molar-refractivity contribution in [3.05, 3.63) is 88.2 Å². The molecule has 5 rings (SSSR count). The Kier molecular flexibility index (Phi) is 3.05. The second-order valence-electron chi connectivity index (χ2n) is 6.40. The highest BCUT2D eigenvalue weighted by Crippen LogP contribution is 2.54. The third-order valence-electron chi connectivity index (χ3n) is 4.96. The van der Waals surface area contributed by atoms with E-state index in [9.17, 15) is 4.79 Å². The molecule has 2 atom stereocenters. The summed E-state index contributed by atoms with van der Waals surface area (Å²) in [5, 5.41) is 4.26. The molecule has 1 aromatic heterocycles. The lowest BCUT2D eigenvalue weighted by Gasteiger charge is -2.17. The molecule has 0 saturated heterocycles. The van der Waals surface area contributed by atoms with Gasteiger partial charge in [0.1, 0.15) is 12.2 Å². The Balaban J connectivity index is 1.51. The van der Waals surface area contributed by atoms with E-state index >= 15 is 0 Å². The molecule has 0 radical (unpaired) electrons. The maximum atomic E-state index is 11.8. The van der Waals surface area contributed by atoms with Gasteiger partial charge in [0.15, 0.2) is 0 Å². The van der Waals surface area contributed by atoms with E-state index in [1.807, 2.05) is 35.1 Å². The van der Waals surface area contributed by atoms with E-state index in [0.29, 0.717) is 5.56 Å². The van der Waals surface area contributed by atoms with Gasteiger partial charge >= 0.3 is 5.97 Å². The standard InChI is InChI=1S/C20H16N2O3/c1-24-20(23)13-4-6-15-17(10-13)19-14-5-3-12(9-16(14)18(15)25-19)11-22-8-2-7-21-22/h2-10,18-19H,11H2,1H3/t18-,19-/m0/s1. The largest absolute Gasteiger partial charge is 0.465 e. The predicted molar refractivity (Wildman–Crippen MR) is 90.3 cm³/mol. The molecule has 2 aliphatic rings. The number of ether oxygens (including phenoxy) is 2. The van der Waals surface area contributed by atoms with Crippen LogP contribution in [0.1, 0.15) is 50.4 Å². The fraction of sp³-hybridized carbons (Fsp3) is 0.200. The number of carbonyl (C=O) groups excluding carboxylic acids is 1. The van der Waals surface area contributed by atoms with Crippen LogP contribution in [0.2, 0.25) is 0 Å². The maximum absolute atomic E-state index is 11.8. The molecule has 5 nitrogen and oxygen atoms in total. The molecule has 2 aliphatic heterocycles. The molecule has 0 N–H and O–H groups in total. The lowest BCUT2D eigenvalue weighted by Crippen LogP contribution is -2.08. The van der Waals surface area contributed by atoms with Crippen LogP contribution in [-0.4, -0.2) is 22.9 Å². The average Bonchev–Trinajstić information content (AvgIpc) is 3.36. The molecule has 0 amide bonds. The van der Waals surface area contributed by atoms with Crippen molar-refractivity contribution >= 4 is 5.97 Å². The number of hydrogen-bond donors (Lipinski definition) is 0. The number of benzene rings is 2. The Hall–Kier alpha value is -2.92. The van der Waals surface area contributed by atoms with Crippen LogP contribution in [0, 0.1) is 0 Å². The Bertz CT molecular complexity index is 979. The highest BCUT2D eigenvalue weighted by Gasteiger charge is 2.42. The van der Waals surface area contributed by atoms with E-state index in [1.165, 1.54) is 23.8 Å². The van der Waals surface area contributed by atoms with Gasteiger partial charge in [0.2, 0.25) is 0 Å². The van der Waals surface area contributed by atoms with Crippen molar-refractivity contribution < 1.29 is 14.3 Å². The van der Waals surface area contributed by atoms with Gasteiger partial charge in [-0.05, 0) is 46.0 Å². The van der Waals surface area contributed by atoms with Gasteiger partial charge in [-0.1, -0.05) is 24.3 Å². The number of aromatic nitrogens is 2. The molecule has 0 unspecified atom stereocenters. The molecule has 2 bridgehead atoms. The van der Waals surface area contributed by atoms with Crippen molar-refractivity contribution in [2.75, 3.05) is 7.11 Å². The van der Waals surface area contributed by atoms with Gasteiger partial charge in [-0.25, -0.2) is 4.79 Å². The molecule has 0 fully saturated rings. The first-order valence-corrected chi connectivity index (χ1v) is 8.22. The van der Waals surface area contributed by atoms with Gasteiger partial charge in [-0.3, -0.25) is 4.68 Å².